The molecule has 2 heteroatoms. The molecular formula is C43H31NO. The molecule has 7 aromatic carbocycles. The second-order valence-electron chi connectivity index (χ2n) is 12.5. The number of furan rings is 1. The van der Waals surface area contributed by atoms with Crippen LogP contribution in [0.15, 0.2) is 156 Å². The van der Waals surface area contributed by atoms with Gasteiger partial charge < -0.3 is 9.32 Å². The van der Waals surface area contributed by atoms with Crippen LogP contribution >= 0.6 is 0 Å². The minimum absolute atomic E-state index is 0.114. The fourth-order valence-corrected chi connectivity index (χ4v) is 7.51. The topological polar surface area (TPSA) is 16.4 Å². The Bertz CT molecular complexity index is 2410. The van der Waals surface area contributed by atoms with Crippen molar-refractivity contribution < 1.29 is 4.42 Å². The number of para-hydroxylation sites is 1. The Kier molecular flexibility index (Phi) is 5.58. The molecule has 1 aliphatic rings. The minimum Gasteiger partial charge on any atom is -0.454 e. The second kappa shape index (κ2) is 9.70. The van der Waals surface area contributed by atoms with Crippen molar-refractivity contribution >= 4 is 49.8 Å². The van der Waals surface area contributed by atoms with Crippen LogP contribution in [0.3, 0.4) is 0 Å². The van der Waals surface area contributed by atoms with Gasteiger partial charge in [0, 0.05) is 27.4 Å². The molecule has 214 valence electrons. The van der Waals surface area contributed by atoms with E-state index in [0.29, 0.717) is 0 Å². The summed E-state index contributed by atoms with van der Waals surface area (Å²) in [7, 11) is 0. The first-order valence-corrected chi connectivity index (χ1v) is 15.6. The van der Waals surface area contributed by atoms with Crippen LogP contribution in [0, 0.1) is 0 Å². The zero-order valence-corrected chi connectivity index (χ0v) is 25.3. The predicted molar refractivity (Wildman–Crippen MR) is 189 cm³/mol. The van der Waals surface area contributed by atoms with Gasteiger partial charge in [-0.05, 0) is 68.9 Å². The quantitative estimate of drug-likeness (QED) is 0.207. The summed E-state index contributed by atoms with van der Waals surface area (Å²) in [5.41, 5.74) is 12.6. The molecule has 0 aliphatic heterocycles. The first-order chi connectivity index (χ1) is 22.1. The molecule has 2 nitrogen and oxygen atoms in total. The van der Waals surface area contributed by atoms with Crippen molar-refractivity contribution in [3.05, 3.63) is 163 Å². The molecule has 0 unspecified atom stereocenters. The monoisotopic (exact) mass is 577 g/mol. The van der Waals surface area contributed by atoms with Gasteiger partial charge in [-0.3, -0.25) is 0 Å². The first-order valence-electron chi connectivity index (χ1n) is 15.6. The van der Waals surface area contributed by atoms with Gasteiger partial charge >= 0.3 is 0 Å². The third-order valence-corrected chi connectivity index (χ3v) is 9.63. The summed E-state index contributed by atoms with van der Waals surface area (Å²) >= 11 is 0. The molecule has 45 heavy (non-hydrogen) atoms. The number of anilines is 3. The average molecular weight is 578 g/mol. The van der Waals surface area contributed by atoms with E-state index in [1.54, 1.807) is 0 Å². The number of nitrogens with zero attached hydrogens (tertiary/aromatic N) is 1. The lowest BCUT2D eigenvalue weighted by Gasteiger charge is -2.29. The lowest BCUT2D eigenvalue weighted by molar-refractivity contribution is 0.660. The third-order valence-electron chi connectivity index (χ3n) is 9.63. The molecule has 1 heterocycles. The van der Waals surface area contributed by atoms with Gasteiger partial charge in [-0.25, -0.2) is 0 Å². The Hall–Kier alpha value is -5.60. The normalized spacial score (nSPS) is 13.3. The SMILES string of the molecule is CC1(C)c2ccccc2-c2c(N(c3cccc(-c4ccccc4)c3)c3cc4ccccc4c4c3oc3ccccc34)cccc21. The molecule has 0 amide bonds. The fourth-order valence-electron chi connectivity index (χ4n) is 7.51. The molecule has 8 aromatic rings. The van der Waals surface area contributed by atoms with E-state index < -0.39 is 0 Å². The Morgan fingerprint density at radius 2 is 1.22 bits per heavy atom. The van der Waals surface area contributed by atoms with Crippen molar-refractivity contribution in [3.8, 4) is 22.3 Å². The summed E-state index contributed by atoms with van der Waals surface area (Å²) in [6.07, 6.45) is 0. The van der Waals surface area contributed by atoms with E-state index in [-0.39, 0.29) is 5.41 Å². The molecule has 0 saturated carbocycles. The van der Waals surface area contributed by atoms with E-state index in [1.807, 2.05) is 0 Å². The van der Waals surface area contributed by atoms with Crippen LogP contribution in [0.1, 0.15) is 25.0 Å². The summed E-state index contributed by atoms with van der Waals surface area (Å²) in [4.78, 5) is 2.43. The maximum absolute atomic E-state index is 6.82. The van der Waals surface area contributed by atoms with Crippen LogP contribution in [0.4, 0.5) is 17.1 Å². The van der Waals surface area contributed by atoms with Gasteiger partial charge in [0.1, 0.15) is 5.58 Å². The molecular weight excluding hydrogens is 546 g/mol. The van der Waals surface area contributed by atoms with E-state index in [9.17, 15) is 0 Å². The first kappa shape index (κ1) is 25.9. The number of hydrogen-bond donors (Lipinski definition) is 0. The van der Waals surface area contributed by atoms with Crippen LogP contribution in [0.2, 0.25) is 0 Å². The summed E-state index contributed by atoms with van der Waals surface area (Å²) in [6.45, 7) is 4.69. The fraction of sp³-hybridized carbons (Fsp3) is 0.0698. The summed E-state index contributed by atoms with van der Waals surface area (Å²) in [6, 6.07) is 54.6. The molecule has 0 spiro atoms. The molecule has 0 N–H and O–H groups in total. The highest BCUT2D eigenvalue weighted by molar-refractivity contribution is 6.23. The molecule has 9 rings (SSSR count). The van der Waals surface area contributed by atoms with E-state index in [1.165, 1.54) is 44.2 Å². The Morgan fingerprint density at radius 3 is 2.11 bits per heavy atom. The molecule has 0 radical (unpaired) electrons. The number of hydrogen-bond acceptors (Lipinski definition) is 2. The third kappa shape index (κ3) is 3.82. The van der Waals surface area contributed by atoms with Gasteiger partial charge in [-0.15, -0.1) is 0 Å². The van der Waals surface area contributed by atoms with Gasteiger partial charge in [0.15, 0.2) is 5.58 Å². The van der Waals surface area contributed by atoms with Gasteiger partial charge in [0.05, 0.1) is 11.4 Å². The van der Waals surface area contributed by atoms with Crippen molar-refractivity contribution in [3.63, 3.8) is 0 Å². The summed E-state index contributed by atoms with van der Waals surface area (Å²) < 4.78 is 6.82. The van der Waals surface area contributed by atoms with Crippen LogP contribution in [0.5, 0.6) is 0 Å². The van der Waals surface area contributed by atoms with Crippen LogP contribution < -0.4 is 4.90 Å². The number of benzene rings is 7. The van der Waals surface area contributed by atoms with E-state index in [0.717, 1.165) is 39.0 Å². The van der Waals surface area contributed by atoms with Gasteiger partial charge in [0.25, 0.3) is 0 Å². The zero-order chi connectivity index (χ0) is 30.1. The number of fused-ring (bicyclic) bond motifs is 8. The van der Waals surface area contributed by atoms with E-state index in [4.69, 9.17) is 4.42 Å². The minimum atomic E-state index is -0.114. The highest BCUT2D eigenvalue weighted by Crippen LogP contribution is 2.55. The van der Waals surface area contributed by atoms with E-state index in [2.05, 4.69) is 170 Å². The second-order valence-corrected chi connectivity index (χ2v) is 12.5. The highest BCUT2D eigenvalue weighted by Gasteiger charge is 2.38. The van der Waals surface area contributed by atoms with Crippen molar-refractivity contribution in [2.75, 3.05) is 4.90 Å². The van der Waals surface area contributed by atoms with Crippen molar-refractivity contribution in [1.82, 2.24) is 0 Å². The van der Waals surface area contributed by atoms with Crippen LogP contribution in [0.25, 0.3) is 55.0 Å². The van der Waals surface area contributed by atoms with Crippen LogP contribution in [-0.4, -0.2) is 0 Å². The lowest BCUT2D eigenvalue weighted by Crippen LogP contribution is -2.16. The molecule has 1 aromatic heterocycles. The maximum atomic E-state index is 6.82. The summed E-state index contributed by atoms with van der Waals surface area (Å²) in [5.74, 6) is 0. The van der Waals surface area contributed by atoms with Crippen LogP contribution in [-0.2, 0) is 5.41 Å². The lowest BCUT2D eigenvalue weighted by atomic mass is 9.82. The van der Waals surface area contributed by atoms with Crippen molar-refractivity contribution in [2.24, 2.45) is 0 Å². The van der Waals surface area contributed by atoms with Crippen molar-refractivity contribution in [1.29, 1.82) is 0 Å². The average Bonchev–Trinajstić information content (AvgIpc) is 3.59. The standard InChI is InChI=1S/C43H31NO/c1-43(2)35-22-10-8-20-33(35)41-36(43)23-13-24-37(41)44(31-18-12-17-29(26-31)28-14-4-3-5-15-28)38-27-30-16-6-7-19-32(30)40-34-21-9-11-25-39(34)45-42(38)40/h3-27H,1-2H3. The maximum Gasteiger partial charge on any atom is 0.160 e. The largest absolute Gasteiger partial charge is 0.454 e. The molecule has 1 aliphatic carbocycles. The molecule has 0 atom stereocenters. The Labute approximate surface area is 262 Å². The predicted octanol–water partition coefficient (Wildman–Crippen LogP) is 12.2. The van der Waals surface area contributed by atoms with Gasteiger partial charge in [-0.2, -0.15) is 0 Å². The van der Waals surface area contributed by atoms with Gasteiger partial charge in [-0.1, -0.05) is 135 Å². The Balaban J connectivity index is 1.41. The van der Waals surface area contributed by atoms with Gasteiger partial charge in [0.2, 0.25) is 0 Å². The number of rotatable bonds is 4. The highest BCUT2D eigenvalue weighted by atomic mass is 16.3. The zero-order valence-electron chi connectivity index (χ0n) is 25.3. The molecule has 0 saturated heterocycles. The molecule has 0 bridgehead atoms. The molecule has 0 fully saturated rings. The summed E-state index contributed by atoms with van der Waals surface area (Å²) in [5, 5.41) is 4.66. The van der Waals surface area contributed by atoms with E-state index >= 15 is 0 Å². The smallest absolute Gasteiger partial charge is 0.160 e. The Morgan fingerprint density at radius 1 is 0.533 bits per heavy atom. The van der Waals surface area contributed by atoms with Crippen molar-refractivity contribution in [2.45, 2.75) is 19.3 Å².